The second-order valence-corrected chi connectivity index (χ2v) is 9.34. The van der Waals surface area contributed by atoms with Crippen LogP contribution in [0.25, 0.3) is 0 Å². The van der Waals surface area contributed by atoms with Crippen molar-refractivity contribution in [3.05, 3.63) is 70.1 Å². The lowest BCUT2D eigenvalue weighted by molar-refractivity contribution is -0.140. The summed E-state index contributed by atoms with van der Waals surface area (Å²) in [5.41, 5.74) is 3.90. The second-order valence-electron chi connectivity index (χ2n) is 9.34. The largest absolute Gasteiger partial charge is 0.493 e. The van der Waals surface area contributed by atoms with Crippen molar-refractivity contribution >= 4 is 11.8 Å². The molecule has 4 rings (SSSR count). The highest BCUT2D eigenvalue weighted by molar-refractivity contribution is 6.04. The highest BCUT2D eigenvalue weighted by atomic mass is 16.6. The maximum absolute atomic E-state index is 13.9. The van der Waals surface area contributed by atoms with Crippen LogP contribution < -0.4 is 24.3 Å². The number of Topliss-reactive ketones (excluding diaryl/α,β-unsaturated/α-hetero) is 1. The Morgan fingerprint density at radius 1 is 0.897 bits per heavy atom. The zero-order chi connectivity index (χ0) is 28.1. The van der Waals surface area contributed by atoms with Crippen LogP contribution in [0.15, 0.2) is 58.9 Å². The van der Waals surface area contributed by atoms with Crippen LogP contribution in [0.5, 0.6) is 23.0 Å². The van der Waals surface area contributed by atoms with Gasteiger partial charge < -0.3 is 33.7 Å². The number of benzene rings is 2. The Balaban J connectivity index is 1.81. The van der Waals surface area contributed by atoms with Crippen LogP contribution in [0.1, 0.15) is 42.7 Å². The van der Waals surface area contributed by atoms with E-state index in [0.29, 0.717) is 51.8 Å². The SMILES string of the molecule is COCCOC(=O)C1=C(C)NC2=C(C(=O)C[C@@H](c3ccc(OC)c(OC)c3)C2)[C@@H]1c1cccc(OC)c1OC. The number of allylic oxidation sites excluding steroid dienone is 3. The minimum absolute atomic E-state index is 0.0619. The van der Waals surface area contributed by atoms with E-state index in [1.807, 2.05) is 37.3 Å². The molecule has 2 aromatic rings. The fraction of sp³-hybridized carbons (Fsp3) is 0.400. The van der Waals surface area contributed by atoms with Gasteiger partial charge in [0.25, 0.3) is 0 Å². The summed E-state index contributed by atoms with van der Waals surface area (Å²) in [6, 6.07) is 11.2. The topological polar surface area (TPSA) is 102 Å². The van der Waals surface area contributed by atoms with Crippen LogP contribution in [0, 0.1) is 0 Å². The van der Waals surface area contributed by atoms with E-state index in [2.05, 4.69) is 5.32 Å². The van der Waals surface area contributed by atoms with Gasteiger partial charge in [0.1, 0.15) is 6.61 Å². The molecular weight excluding hydrogens is 502 g/mol. The number of carbonyl (C=O) groups is 2. The molecule has 2 aliphatic rings. The van der Waals surface area contributed by atoms with Gasteiger partial charge in [-0.15, -0.1) is 0 Å². The standard InChI is InChI=1S/C30H35NO8/c1-17-26(30(33)39-13-12-34-2)27(20-8-7-9-24(36-4)29(20)38-6)28-21(31-17)14-19(15-22(28)32)18-10-11-23(35-3)25(16-18)37-5/h7-11,16,19,27,31H,12-15H2,1-6H3/t19-,27+/m0/s1. The van der Waals surface area contributed by atoms with Gasteiger partial charge in [0.05, 0.1) is 46.5 Å². The number of ether oxygens (including phenoxy) is 6. The Hall–Kier alpha value is -3.98. The molecule has 0 saturated carbocycles. The van der Waals surface area contributed by atoms with Crippen molar-refractivity contribution in [2.45, 2.75) is 31.6 Å². The molecule has 2 aromatic carbocycles. The third-order valence-electron chi connectivity index (χ3n) is 7.19. The van der Waals surface area contributed by atoms with Gasteiger partial charge in [0.15, 0.2) is 28.8 Å². The lowest BCUT2D eigenvalue weighted by atomic mass is 9.71. The monoisotopic (exact) mass is 537 g/mol. The predicted molar refractivity (Wildman–Crippen MR) is 145 cm³/mol. The van der Waals surface area contributed by atoms with Gasteiger partial charge in [0.2, 0.25) is 0 Å². The zero-order valence-electron chi connectivity index (χ0n) is 23.2. The fourth-order valence-corrected chi connectivity index (χ4v) is 5.40. The summed E-state index contributed by atoms with van der Waals surface area (Å²) in [5, 5.41) is 3.37. The highest BCUT2D eigenvalue weighted by Crippen LogP contribution is 2.49. The van der Waals surface area contributed by atoms with E-state index < -0.39 is 11.9 Å². The van der Waals surface area contributed by atoms with Gasteiger partial charge in [-0.2, -0.15) is 0 Å². The molecule has 0 fully saturated rings. The van der Waals surface area contributed by atoms with Crippen molar-refractivity contribution in [2.75, 3.05) is 48.8 Å². The minimum atomic E-state index is -0.694. The molecule has 0 amide bonds. The van der Waals surface area contributed by atoms with Crippen molar-refractivity contribution in [1.29, 1.82) is 0 Å². The summed E-state index contributed by atoms with van der Waals surface area (Å²) in [4.78, 5) is 27.4. The van der Waals surface area contributed by atoms with Crippen molar-refractivity contribution in [1.82, 2.24) is 5.32 Å². The normalized spacial score (nSPS) is 18.8. The van der Waals surface area contributed by atoms with Crippen LogP contribution in [0.2, 0.25) is 0 Å². The number of hydrogen-bond donors (Lipinski definition) is 1. The number of para-hydroxylation sites is 1. The summed E-state index contributed by atoms with van der Waals surface area (Å²) in [7, 11) is 7.81. The van der Waals surface area contributed by atoms with Crippen molar-refractivity contribution < 1.29 is 38.0 Å². The maximum Gasteiger partial charge on any atom is 0.336 e. The summed E-state index contributed by atoms with van der Waals surface area (Å²) >= 11 is 0. The number of nitrogens with one attached hydrogen (secondary N) is 1. The predicted octanol–water partition coefficient (Wildman–Crippen LogP) is 4.27. The first-order valence-corrected chi connectivity index (χ1v) is 12.7. The fourth-order valence-electron chi connectivity index (χ4n) is 5.40. The maximum atomic E-state index is 13.9. The third kappa shape index (κ3) is 5.45. The number of carbonyl (C=O) groups excluding carboxylic acids is 2. The van der Waals surface area contributed by atoms with Gasteiger partial charge in [0, 0.05) is 36.1 Å². The van der Waals surface area contributed by atoms with Crippen molar-refractivity contribution in [3.63, 3.8) is 0 Å². The first-order chi connectivity index (χ1) is 18.9. The Labute approximate surface area is 228 Å². The Morgan fingerprint density at radius 3 is 2.31 bits per heavy atom. The number of dihydropyridines is 1. The molecule has 9 nitrogen and oxygen atoms in total. The minimum Gasteiger partial charge on any atom is -0.493 e. The van der Waals surface area contributed by atoms with Crippen molar-refractivity contribution in [3.8, 4) is 23.0 Å². The molecule has 0 aromatic heterocycles. The first-order valence-electron chi connectivity index (χ1n) is 12.7. The zero-order valence-corrected chi connectivity index (χ0v) is 23.2. The van der Waals surface area contributed by atoms with Gasteiger partial charge in [-0.05, 0) is 43.0 Å². The number of esters is 1. The highest BCUT2D eigenvalue weighted by Gasteiger charge is 2.43. The van der Waals surface area contributed by atoms with Crippen LogP contribution in [0.3, 0.4) is 0 Å². The Kier molecular flexibility index (Phi) is 8.81. The molecule has 39 heavy (non-hydrogen) atoms. The van der Waals surface area contributed by atoms with E-state index in [4.69, 9.17) is 28.4 Å². The van der Waals surface area contributed by atoms with Gasteiger partial charge >= 0.3 is 5.97 Å². The quantitative estimate of drug-likeness (QED) is 0.352. The van der Waals surface area contributed by atoms with Gasteiger partial charge in [-0.1, -0.05) is 18.2 Å². The van der Waals surface area contributed by atoms with Crippen LogP contribution in [0.4, 0.5) is 0 Å². The molecule has 0 saturated heterocycles. The van der Waals surface area contributed by atoms with E-state index in [1.54, 1.807) is 34.5 Å². The summed E-state index contributed by atoms with van der Waals surface area (Å²) < 4.78 is 32.7. The molecule has 0 bridgehead atoms. The van der Waals surface area contributed by atoms with E-state index in [1.165, 1.54) is 7.11 Å². The molecule has 1 N–H and O–H groups in total. The third-order valence-corrected chi connectivity index (χ3v) is 7.19. The molecule has 1 aliphatic heterocycles. The molecule has 9 heteroatoms. The Bertz CT molecular complexity index is 1310. The molecule has 1 aliphatic carbocycles. The summed E-state index contributed by atoms with van der Waals surface area (Å²) in [5.74, 6) is 0.839. The van der Waals surface area contributed by atoms with Crippen molar-refractivity contribution in [2.24, 2.45) is 0 Å². The second kappa shape index (κ2) is 12.3. The number of hydrogen-bond acceptors (Lipinski definition) is 9. The van der Waals surface area contributed by atoms with Crippen LogP contribution >= 0.6 is 0 Å². The molecule has 0 radical (unpaired) electrons. The molecule has 0 unspecified atom stereocenters. The van der Waals surface area contributed by atoms with E-state index in [0.717, 1.165) is 11.3 Å². The van der Waals surface area contributed by atoms with Crippen LogP contribution in [-0.2, 0) is 19.1 Å². The molecule has 208 valence electrons. The molecule has 2 atom stereocenters. The molecule has 0 spiro atoms. The van der Waals surface area contributed by atoms with Gasteiger partial charge in [-0.3, -0.25) is 4.79 Å². The number of methoxy groups -OCH3 is 5. The lowest BCUT2D eigenvalue weighted by Gasteiger charge is -2.37. The van der Waals surface area contributed by atoms with Crippen LogP contribution in [-0.4, -0.2) is 60.5 Å². The van der Waals surface area contributed by atoms with E-state index >= 15 is 0 Å². The van der Waals surface area contributed by atoms with Gasteiger partial charge in [-0.25, -0.2) is 4.79 Å². The number of ketones is 1. The smallest absolute Gasteiger partial charge is 0.336 e. The average molecular weight is 538 g/mol. The average Bonchev–Trinajstić information content (AvgIpc) is 2.95. The Morgan fingerprint density at radius 2 is 1.64 bits per heavy atom. The first kappa shape index (κ1) is 28.0. The summed E-state index contributed by atoms with van der Waals surface area (Å²) in [6.45, 7) is 2.18. The molecule has 1 heterocycles. The number of rotatable bonds is 10. The summed E-state index contributed by atoms with van der Waals surface area (Å²) in [6.07, 6.45) is 0.840. The molecular formula is C30H35NO8. The van der Waals surface area contributed by atoms with E-state index in [-0.39, 0.29) is 31.3 Å². The van der Waals surface area contributed by atoms with E-state index in [9.17, 15) is 9.59 Å². The lowest BCUT2D eigenvalue weighted by Crippen LogP contribution is -2.36.